The SMILES string of the molecule is C#CCN(CC)C(=O)NCCCC(=O)O. The van der Waals surface area contributed by atoms with Gasteiger partial charge in [0.1, 0.15) is 0 Å². The molecule has 15 heavy (non-hydrogen) atoms. The predicted molar refractivity (Wildman–Crippen MR) is 56.3 cm³/mol. The first-order valence-electron chi connectivity index (χ1n) is 4.79. The quantitative estimate of drug-likeness (QED) is 0.498. The number of terminal acetylenes is 1. The molecule has 0 rings (SSSR count). The molecule has 0 aromatic carbocycles. The molecule has 5 nitrogen and oxygen atoms in total. The van der Waals surface area contributed by atoms with Gasteiger partial charge in [-0.25, -0.2) is 4.79 Å². The molecule has 0 unspecified atom stereocenters. The summed E-state index contributed by atoms with van der Waals surface area (Å²) in [4.78, 5) is 23.0. The maximum absolute atomic E-state index is 11.4. The molecule has 0 aliphatic heterocycles. The first kappa shape index (κ1) is 13.3. The summed E-state index contributed by atoms with van der Waals surface area (Å²) in [6, 6.07) is -0.249. The van der Waals surface area contributed by atoms with Crippen LogP contribution in [0.25, 0.3) is 0 Å². The molecule has 2 amide bonds. The molecule has 0 saturated carbocycles. The maximum Gasteiger partial charge on any atom is 0.318 e. The molecule has 0 saturated heterocycles. The second-order valence-electron chi connectivity index (χ2n) is 2.95. The zero-order valence-corrected chi connectivity index (χ0v) is 8.82. The van der Waals surface area contributed by atoms with Gasteiger partial charge >= 0.3 is 12.0 Å². The number of urea groups is 1. The topological polar surface area (TPSA) is 69.6 Å². The summed E-state index contributed by atoms with van der Waals surface area (Å²) in [5.41, 5.74) is 0. The smallest absolute Gasteiger partial charge is 0.318 e. The van der Waals surface area contributed by atoms with Gasteiger partial charge in [-0.2, -0.15) is 0 Å². The number of hydrogen-bond acceptors (Lipinski definition) is 2. The zero-order chi connectivity index (χ0) is 11.7. The summed E-state index contributed by atoms with van der Waals surface area (Å²) in [5.74, 6) is 1.52. The van der Waals surface area contributed by atoms with E-state index in [1.165, 1.54) is 4.90 Å². The van der Waals surface area contributed by atoms with E-state index in [0.717, 1.165) is 0 Å². The third kappa shape index (κ3) is 6.38. The zero-order valence-electron chi connectivity index (χ0n) is 8.82. The normalized spacial score (nSPS) is 9.07. The molecule has 5 heteroatoms. The van der Waals surface area contributed by atoms with Crippen LogP contribution >= 0.6 is 0 Å². The predicted octanol–water partition coefficient (Wildman–Crippen LogP) is 0.516. The molecule has 0 aliphatic rings. The van der Waals surface area contributed by atoms with E-state index in [1.807, 2.05) is 6.92 Å². The van der Waals surface area contributed by atoms with Crippen LogP contribution in [0.5, 0.6) is 0 Å². The van der Waals surface area contributed by atoms with E-state index in [0.29, 0.717) is 19.5 Å². The Labute approximate surface area is 89.4 Å². The molecule has 0 spiro atoms. The Hall–Kier alpha value is -1.70. The van der Waals surface area contributed by atoms with Crippen molar-refractivity contribution in [1.29, 1.82) is 0 Å². The number of carbonyl (C=O) groups excluding carboxylic acids is 1. The van der Waals surface area contributed by atoms with Gasteiger partial charge < -0.3 is 15.3 Å². The third-order valence-corrected chi connectivity index (χ3v) is 1.79. The molecular weight excluding hydrogens is 196 g/mol. The van der Waals surface area contributed by atoms with Crippen LogP contribution in [0.3, 0.4) is 0 Å². The van der Waals surface area contributed by atoms with E-state index in [-0.39, 0.29) is 19.0 Å². The first-order chi connectivity index (χ1) is 7.11. The molecule has 0 aliphatic carbocycles. The lowest BCUT2D eigenvalue weighted by Gasteiger charge is -2.18. The van der Waals surface area contributed by atoms with E-state index in [1.54, 1.807) is 0 Å². The van der Waals surface area contributed by atoms with Crippen molar-refractivity contribution in [3.8, 4) is 12.3 Å². The molecule has 0 fully saturated rings. The molecule has 0 heterocycles. The van der Waals surface area contributed by atoms with E-state index in [4.69, 9.17) is 11.5 Å². The van der Waals surface area contributed by atoms with Gasteiger partial charge in [0.2, 0.25) is 0 Å². The summed E-state index contributed by atoms with van der Waals surface area (Å²) in [5, 5.41) is 11.0. The highest BCUT2D eigenvalue weighted by atomic mass is 16.4. The second-order valence-corrected chi connectivity index (χ2v) is 2.95. The number of nitrogens with one attached hydrogen (secondary N) is 1. The summed E-state index contributed by atoms with van der Waals surface area (Å²) < 4.78 is 0. The summed E-state index contributed by atoms with van der Waals surface area (Å²) >= 11 is 0. The lowest BCUT2D eigenvalue weighted by atomic mass is 10.3. The molecule has 0 bridgehead atoms. The van der Waals surface area contributed by atoms with Crippen LogP contribution in [0.4, 0.5) is 4.79 Å². The maximum atomic E-state index is 11.4. The highest BCUT2D eigenvalue weighted by molar-refractivity contribution is 5.74. The fourth-order valence-corrected chi connectivity index (χ4v) is 0.984. The van der Waals surface area contributed by atoms with Crippen LogP contribution < -0.4 is 5.32 Å². The Balaban J connectivity index is 3.72. The van der Waals surface area contributed by atoms with Crippen LogP contribution in [-0.4, -0.2) is 41.6 Å². The van der Waals surface area contributed by atoms with Gasteiger partial charge in [0.15, 0.2) is 0 Å². The van der Waals surface area contributed by atoms with E-state index in [9.17, 15) is 9.59 Å². The van der Waals surface area contributed by atoms with E-state index in [2.05, 4.69) is 11.2 Å². The standard InChI is InChI=1S/C10H16N2O3/c1-3-8-12(4-2)10(15)11-7-5-6-9(13)14/h1H,4-8H2,2H3,(H,11,15)(H,13,14). The van der Waals surface area contributed by atoms with E-state index < -0.39 is 5.97 Å². The Morgan fingerprint density at radius 3 is 2.67 bits per heavy atom. The van der Waals surface area contributed by atoms with Crippen molar-refractivity contribution in [2.75, 3.05) is 19.6 Å². The number of amides is 2. The third-order valence-electron chi connectivity index (χ3n) is 1.79. The Morgan fingerprint density at radius 1 is 1.53 bits per heavy atom. The van der Waals surface area contributed by atoms with Crippen molar-refractivity contribution < 1.29 is 14.7 Å². The molecule has 84 valence electrons. The van der Waals surface area contributed by atoms with E-state index >= 15 is 0 Å². The van der Waals surface area contributed by atoms with Crippen LogP contribution in [-0.2, 0) is 4.79 Å². The van der Waals surface area contributed by atoms with Gasteiger partial charge in [-0.15, -0.1) is 6.42 Å². The average molecular weight is 212 g/mol. The molecule has 2 N–H and O–H groups in total. The number of nitrogens with zero attached hydrogens (tertiary/aromatic N) is 1. The van der Waals surface area contributed by atoms with Crippen LogP contribution in [0.1, 0.15) is 19.8 Å². The van der Waals surface area contributed by atoms with Crippen molar-refractivity contribution in [3.63, 3.8) is 0 Å². The first-order valence-corrected chi connectivity index (χ1v) is 4.79. The highest BCUT2D eigenvalue weighted by Crippen LogP contribution is 1.90. The van der Waals surface area contributed by atoms with Crippen molar-refractivity contribution in [3.05, 3.63) is 0 Å². The second kappa shape index (κ2) is 7.68. The van der Waals surface area contributed by atoms with Gasteiger partial charge in [-0.1, -0.05) is 5.92 Å². The summed E-state index contributed by atoms with van der Waals surface area (Å²) in [6.45, 7) is 2.98. The fourth-order valence-electron chi connectivity index (χ4n) is 0.984. The minimum atomic E-state index is -0.861. The monoisotopic (exact) mass is 212 g/mol. The molecule has 0 atom stereocenters. The molecular formula is C10H16N2O3. The highest BCUT2D eigenvalue weighted by Gasteiger charge is 2.08. The lowest BCUT2D eigenvalue weighted by Crippen LogP contribution is -2.40. The van der Waals surface area contributed by atoms with Crippen LogP contribution in [0.15, 0.2) is 0 Å². The largest absolute Gasteiger partial charge is 0.481 e. The van der Waals surface area contributed by atoms with Crippen molar-refractivity contribution in [2.24, 2.45) is 0 Å². The summed E-state index contributed by atoms with van der Waals surface area (Å²) in [6.07, 6.45) is 5.57. The summed E-state index contributed by atoms with van der Waals surface area (Å²) in [7, 11) is 0. The minimum Gasteiger partial charge on any atom is -0.481 e. The Morgan fingerprint density at radius 2 is 2.20 bits per heavy atom. The van der Waals surface area contributed by atoms with Crippen molar-refractivity contribution in [1.82, 2.24) is 10.2 Å². The van der Waals surface area contributed by atoms with Gasteiger partial charge in [0.25, 0.3) is 0 Å². The number of carboxylic acids is 1. The average Bonchev–Trinajstić information content (AvgIpc) is 2.20. The molecule has 0 aromatic heterocycles. The molecule has 0 radical (unpaired) electrons. The van der Waals surface area contributed by atoms with Crippen molar-refractivity contribution >= 4 is 12.0 Å². The lowest BCUT2D eigenvalue weighted by molar-refractivity contribution is -0.137. The fraction of sp³-hybridized carbons (Fsp3) is 0.600. The van der Waals surface area contributed by atoms with Crippen LogP contribution in [0, 0.1) is 12.3 Å². The number of carbonyl (C=O) groups is 2. The van der Waals surface area contributed by atoms with Gasteiger partial charge in [-0.3, -0.25) is 4.79 Å². The number of rotatable bonds is 6. The van der Waals surface area contributed by atoms with Crippen molar-refractivity contribution in [2.45, 2.75) is 19.8 Å². The minimum absolute atomic E-state index is 0.0571. The van der Waals surface area contributed by atoms with Crippen LogP contribution in [0.2, 0.25) is 0 Å². The van der Waals surface area contributed by atoms with Gasteiger partial charge in [-0.05, 0) is 13.3 Å². The number of hydrogen-bond donors (Lipinski definition) is 2. The molecule has 0 aromatic rings. The Bertz CT molecular complexity index is 258. The van der Waals surface area contributed by atoms with Gasteiger partial charge in [0, 0.05) is 19.5 Å². The number of carboxylic acid groups (broad SMARTS) is 1. The number of aliphatic carboxylic acids is 1. The van der Waals surface area contributed by atoms with Gasteiger partial charge in [0.05, 0.1) is 6.54 Å². The Kier molecular flexibility index (Phi) is 6.81.